The number of halogens is 1. The predicted molar refractivity (Wildman–Crippen MR) is 126 cm³/mol. The molecule has 5 nitrogen and oxygen atoms in total. The van der Waals surface area contributed by atoms with Crippen LogP contribution in [-0.4, -0.2) is 35.2 Å². The van der Waals surface area contributed by atoms with Gasteiger partial charge in [0.1, 0.15) is 6.04 Å². The van der Waals surface area contributed by atoms with Gasteiger partial charge in [-0.1, -0.05) is 50.9 Å². The molecular formula is C26H33ClN2O3. The number of hydrogen-bond acceptors (Lipinski definition) is 3. The summed E-state index contributed by atoms with van der Waals surface area (Å²) >= 11 is 5.98. The van der Waals surface area contributed by atoms with Crippen LogP contribution in [0.15, 0.2) is 35.9 Å². The van der Waals surface area contributed by atoms with Crippen molar-refractivity contribution in [2.24, 2.45) is 16.7 Å². The van der Waals surface area contributed by atoms with Crippen molar-refractivity contribution >= 4 is 35.0 Å². The van der Waals surface area contributed by atoms with Gasteiger partial charge in [0.2, 0.25) is 11.8 Å². The van der Waals surface area contributed by atoms with Crippen LogP contribution in [-0.2, 0) is 14.4 Å². The van der Waals surface area contributed by atoms with Crippen molar-refractivity contribution in [3.05, 3.63) is 40.9 Å². The molecular weight excluding hydrogens is 424 g/mol. The Morgan fingerprint density at radius 2 is 1.75 bits per heavy atom. The van der Waals surface area contributed by atoms with Crippen LogP contribution in [0, 0.1) is 16.7 Å². The number of allylic oxidation sites excluding steroid dienone is 1. The fourth-order valence-corrected chi connectivity index (χ4v) is 5.64. The lowest BCUT2D eigenvalue weighted by atomic mass is 9.96. The zero-order valence-corrected chi connectivity index (χ0v) is 20.2. The zero-order chi connectivity index (χ0) is 23.3. The molecule has 32 heavy (non-hydrogen) atoms. The summed E-state index contributed by atoms with van der Waals surface area (Å²) in [5.74, 6) is -0.741. The molecule has 0 N–H and O–H groups in total. The van der Waals surface area contributed by atoms with Gasteiger partial charge in [-0.3, -0.25) is 14.4 Å². The predicted octanol–water partition coefficient (Wildman–Crippen LogP) is 5.37. The average molecular weight is 457 g/mol. The van der Waals surface area contributed by atoms with Gasteiger partial charge in [0.25, 0.3) is 5.91 Å². The molecule has 4 rings (SSSR count). The standard InChI is InChI=1S/C26H33ClN2O3/c1-25(2)22(26(25,3)4)24(32)28(15-14-17-8-6-5-7-9-17)20-16-21(30)29(23(20)31)19-12-10-18(27)11-13-19/h8,10-13,20,22H,5-7,9,14-16H2,1-4H3. The Bertz CT molecular complexity index is 950. The molecule has 1 saturated heterocycles. The van der Waals surface area contributed by atoms with Crippen molar-refractivity contribution < 1.29 is 14.4 Å². The summed E-state index contributed by atoms with van der Waals surface area (Å²) in [6.07, 6.45) is 7.58. The lowest BCUT2D eigenvalue weighted by Gasteiger charge is -2.29. The molecule has 1 unspecified atom stereocenters. The van der Waals surface area contributed by atoms with E-state index in [-0.39, 0.29) is 40.9 Å². The first-order valence-corrected chi connectivity index (χ1v) is 12.0. The first kappa shape index (κ1) is 23.0. The van der Waals surface area contributed by atoms with E-state index < -0.39 is 6.04 Å². The first-order valence-electron chi connectivity index (χ1n) is 11.7. The number of anilines is 1. The minimum atomic E-state index is -0.748. The molecule has 0 bridgehead atoms. The lowest BCUT2D eigenvalue weighted by Crippen LogP contribution is -2.47. The van der Waals surface area contributed by atoms with Gasteiger partial charge in [0.15, 0.2) is 0 Å². The summed E-state index contributed by atoms with van der Waals surface area (Å²) in [7, 11) is 0. The Kier molecular flexibility index (Phi) is 6.00. The fourth-order valence-electron chi connectivity index (χ4n) is 5.52. The van der Waals surface area contributed by atoms with Gasteiger partial charge in [0.05, 0.1) is 12.1 Å². The second kappa shape index (κ2) is 8.33. The molecule has 1 aliphatic heterocycles. The Morgan fingerprint density at radius 3 is 2.31 bits per heavy atom. The van der Waals surface area contributed by atoms with Crippen molar-refractivity contribution in [3.63, 3.8) is 0 Å². The first-order chi connectivity index (χ1) is 15.1. The number of amides is 3. The molecule has 3 amide bonds. The van der Waals surface area contributed by atoms with Gasteiger partial charge in [-0.25, -0.2) is 4.90 Å². The monoisotopic (exact) mass is 456 g/mol. The van der Waals surface area contributed by atoms with E-state index in [2.05, 4.69) is 33.8 Å². The highest BCUT2D eigenvalue weighted by Crippen LogP contribution is 2.69. The van der Waals surface area contributed by atoms with Crippen LogP contribution in [0.5, 0.6) is 0 Å². The van der Waals surface area contributed by atoms with Crippen molar-refractivity contribution in [2.45, 2.75) is 72.3 Å². The summed E-state index contributed by atoms with van der Waals surface area (Å²) in [6, 6.07) is 5.93. The molecule has 1 aromatic rings. The summed E-state index contributed by atoms with van der Waals surface area (Å²) in [4.78, 5) is 43.0. The molecule has 1 saturated carbocycles. The molecule has 6 heteroatoms. The molecule has 2 aliphatic carbocycles. The van der Waals surface area contributed by atoms with Crippen LogP contribution in [0.4, 0.5) is 5.69 Å². The third-order valence-corrected chi connectivity index (χ3v) is 8.45. The van der Waals surface area contributed by atoms with Crippen LogP contribution in [0.2, 0.25) is 5.02 Å². The van der Waals surface area contributed by atoms with Crippen molar-refractivity contribution in [1.29, 1.82) is 0 Å². The normalized spacial score (nSPS) is 24.5. The van der Waals surface area contributed by atoms with Gasteiger partial charge in [-0.05, 0) is 67.2 Å². The minimum Gasteiger partial charge on any atom is -0.330 e. The number of carbonyl (C=O) groups excluding carboxylic acids is 3. The molecule has 3 aliphatic rings. The van der Waals surface area contributed by atoms with Gasteiger partial charge >= 0.3 is 0 Å². The maximum Gasteiger partial charge on any atom is 0.257 e. The van der Waals surface area contributed by atoms with Crippen LogP contribution >= 0.6 is 11.6 Å². The van der Waals surface area contributed by atoms with Crippen molar-refractivity contribution in [3.8, 4) is 0 Å². The second-order valence-corrected chi connectivity index (χ2v) is 11.0. The van der Waals surface area contributed by atoms with E-state index in [1.165, 1.54) is 23.3 Å². The van der Waals surface area contributed by atoms with E-state index in [9.17, 15) is 14.4 Å². The number of carbonyl (C=O) groups is 3. The highest BCUT2D eigenvalue weighted by atomic mass is 35.5. The van der Waals surface area contributed by atoms with Crippen LogP contribution in [0.3, 0.4) is 0 Å². The molecule has 0 spiro atoms. The quantitative estimate of drug-likeness (QED) is 0.427. The summed E-state index contributed by atoms with van der Waals surface area (Å²) in [5, 5.41) is 0.542. The molecule has 172 valence electrons. The zero-order valence-electron chi connectivity index (χ0n) is 19.5. The number of benzene rings is 1. The number of rotatable bonds is 6. The summed E-state index contributed by atoms with van der Waals surface area (Å²) in [6.45, 7) is 8.92. The van der Waals surface area contributed by atoms with Crippen molar-refractivity contribution in [2.75, 3.05) is 11.4 Å². The van der Waals surface area contributed by atoms with Gasteiger partial charge < -0.3 is 4.90 Å². The van der Waals surface area contributed by atoms with E-state index in [0.29, 0.717) is 17.3 Å². The van der Waals surface area contributed by atoms with E-state index in [0.717, 1.165) is 19.3 Å². The van der Waals surface area contributed by atoms with E-state index >= 15 is 0 Å². The van der Waals surface area contributed by atoms with Gasteiger partial charge in [0, 0.05) is 17.5 Å². The highest BCUT2D eigenvalue weighted by molar-refractivity contribution is 6.30. The molecule has 0 aromatic heterocycles. The maximum absolute atomic E-state index is 13.7. The van der Waals surface area contributed by atoms with Crippen LogP contribution < -0.4 is 4.90 Å². The molecule has 1 aromatic carbocycles. The Labute approximate surface area is 195 Å². The second-order valence-electron chi connectivity index (χ2n) is 10.5. The van der Waals surface area contributed by atoms with E-state index in [4.69, 9.17) is 11.6 Å². The molecule has 0 radical (unpaired) electrons. The largest absolute Gasteiger partial charge is 0.330 e. The molecule has 1 atom stereocenters. The lowest BCUT2D eigenvalue weighted by molar-refractivity contribution is -0.140. The Hall–Kier alpha value is -2.14. The smallest absolute Gasteiger partial charge is 0.257 e. The van der Waals surface area contributed by atoms with Gasteiger partial charge in [-0.2, -0.15) is 0 Å². The Morgan fingerprint density at radius 1 is 1.09 bits per heavy atom. The number of hydrogen-bond donors (Lipinski definition) is 0. The average Bonchev–Trinajstić information content (AvgIpc) is 2.98. The summed E-state index contributed by atoms with van der Waals surface area (Å²) in [5.41, 5.74) is 1.60. The molecule has 2 fully saturated rings. The highest BCUT2D eigenvalue weighted by Gasteiger charge is 2.69. The summed E-state index contributed by atoms with van der Waals surface area (Å²) < 4.78 is 0. The van der Waals surface area contributed by atoms with Crippen LogP contribution in [0.25, 0.3) is 0 Å². The number of nitrogens with zero attached hydrogens (tertiary/aromatic N) is 2. The topological polar surface area (TPSA) is 57.7 Å². The Balaban J connectivity index is 1.59. The van der Waals surface area contributed by atoms with E-state index in [1.807, 2.05) is 0 Å². The molecule has 1 heterocycles. The number of imide groups is 1. The third-order valence-electron chi connectivity index (χ3n) is 8.19. The third kappa shape index (κ3) is 3.89. The van der Waals surface area contributed by atoms with Crippen molar-refractivity contribution in [1.82, 2.24) is 4.90 Å². The van der Waals surface area contributed by atoms with Crippen LogP contribution in [0.1, 0.15) is 66.2 Å². The fraction of sp³-hybridized carbons (Fsp3) is 0.577. The van der Waals surface area contributed by atoms with E-state index in [1.54, 1.807) is 29.2 Å². The SMILES string of the molecule is CC1(C)C(C(=O)N(CCC2=CCCCC2)C2CC(=O)N(c3ccc(Cl)cc3)C2=O)C1(C)C. The van der Waals surface area contributed by atoms with Gasteiger partial charge in [-0.15, -0.1) is 0 Å². The maximum atomic E-state index is 13.7. The minimum absolute atomic E-state index is 0.000477.